The monoisotopic (exact) mass is 236 g/mol. The Morgan fingerprint density at radius 1 is 1.19 bits per heavy atom. The molecule has 16 heavy (non-hydrogen) atoms. The fourth-order valence-corrected chi connectivity index (χ4v) is 1.80. The average molecular weight is 237 g/mol. The van der Waals surface area contributed by atoms with E-state index < -0.39 is 6.10 Å². The third kappa shape index (κ3) is 2.29. The quantitative estimate of drug-likeness (QED) is 0.887. The molecule has 84 valence electrons. The number of hydrogen-bond donors (Lipinski definition) is 1. The molecule has 1 N–H and O–H groups in total. The van der Waals surface area contributed by atoms with Gasteiger partial charge in [-0.1, -0.05) is 35.9 Å². The average Bonchev–Trinajstić information content (AvgIpc) is 2.28. The molecule has 0 unspecified atom stereocenters. The van der Waals surface area contributed by atoms with Crippen molar-refractivity contribution in [1.82, 2.24) is 0 Å². The topological polar surface area (TPSA) is 29.5 Å². The molecule has 0 saturated heterocycles. The largest absolute Gasteiger partial charge is 0.490 e. The second-order valence-corrected chi connectivity index (χ2v) is 4.16. The van der Waals surface area contributed by atoms with Crippen LogP contribution in [0.3, 0.4) is 0 Å². The fraction of sp³-hybridized carbons (Fsp3) is 0.231. The maximum absolute atomic E-state index is 9.19. The van der Waals surface area contributed by atoms with Crippen molar-refractivity contribution in [3.63, 3.8) is 0 Å². The Morgan fingerprint density at radius 2 is 1.88 bits per heavy atom. The Balaban J connectivity index is 2.42. The van der Waals surface area contributed by atoms with Gasteiger partial charge in [-0.05, 0) is 19.1 Å². The number of halogens is 1. The van der Waals surface area contributed by atoms with E-state index in [4.69, 9.17) is 16.3 Å². The molecule has 0 aliphatic rings. The van der Waals surface area contributed by atoms with Gasteiger partial charge in [0.1, 0.15) is 12.4 Å². The van der Waals surface area contributed by atoms with Gasteiger partial charge in [0.25, 0.3) is 0 Å². The summed E-state index contributed by atoms with van der Waals surface area (Å²) in [7, 11) is 0. The van der Waals surface area contributed by atoms with Gasteiger partial charge in [-0.3, -0.25) is 0 Å². The SMILES string of the molecule is C[C@H](O)COc1ccc(Cl)c2ccccc12. The number of benzene rings is 2. The first kappa shape index (κ1) is 11.2. The van der Waals surface area contributed by atoms with Crippen molar-refractivity contribution in [1.29, 1.82) is 0 Å². The second-order valence-electron chi connectivity index (χ2n) is 3.75. The maximum Gasteiger partial charge on any atom is 0.127 e. The van der Waals surface area contributed by atoms with Gasteiger partial charge in [0.15, 0.2) is 0 Å². The molecule has 2 nitrogen and oxygen atoms in total. The third-order valence-corrected chi connectivity index (χ3v) is 2.64. The van der Waals surface area contributed by atoms with Crippen LogP contribution in [0.2, 0.25) is 5.02 Å². The summed E-state index contributed by atoms with van der Waals surface area (Å²) in [6, 6.07) is 11.4. The molecular weight excluding hydrogens is 224 g/mol. The van der Waals surface area contributed by atoms with E-state index in [0.29, 0.717) is 5.02 Å². The van der Waals surface area contributed by atoms with E-state index >= 15 is 0 Å². The molecule has 2 aromatic rings. The van der Waals surface area contributed by atoms with E-state index in [1.807, 2.05) is 30.3 Å². The van der Waals surface area contributed by atoms with Crippen LogP contribution >= 0.6 is 11.6 Å². The lowest BCUT2D eigenvalue weighted by Crippen LogP contribution is -2.12. The molecule has 2 aromatic carbocycles. The van der Waals surface area contributed by atoms with Crippen molar-refractivity contribution in [2.45, 2.75) is 13.0 Å². The normalized spacial score (nSPS) is 12.7. The smallest absolute Gasteiger partial charge is 0.127 e. The van der Waals surface area contributed by atoms with Crippen LogP contribution in [0.1, 0.15) is 6.92 Å². The van der Waals surface area contributed by atoms with E-state index in [1.165, 1.54) is 0 Å². The van der Waals surface area contributed by atoms with Gasteiger partial charge in [0.05, 0.1) is 6.10 Å². The van der Waals surface area contributed by atoms with Crippen LogP contribution in [0.25, 0.3) is 10.8 Å². The van der Waals surface area contributed by atoms with Gasteiger partial charge in [-0.15, -0.1) is 0 Å². The molecule has 0 saturated carbocycles. The highest BCUT2D eigenvalue weighted by Crippen LogP contribution is 2.31. The predicted molar refractivity (Wildman–Crippen MR) is 66.1 cm³/mol. The predicted octanol–water partition coefficient (Wildman–Crippen LogP) is 3.25. The molecular formula is C13H13ClO2. The molecule has 0 fully saturated rings. The Kier molecular flexibility index (Phi) is 3.32. The van der Waals surface area contributed by atoms with E-state index in [0.717, 1.165) is 16.5 Å². The van der Waals surface area contributed by atoms with E-state index in [1.54, 1.807) is 13.0 Å². The molecule has 0 aliphatic heterocycles. The first-order valence-electron chi connectivity index (χ1n) is 5.16. The zero-order chi connectivity index (χ0) is 11.5. The molecule has 0 bridgehead atoms. The van der Waals surface area contributed by atoms with Crippen LogP contribution in [0.5, 0.6) is 5.75 Å². The van der Waals surface area contributed by atoms with Crippen LogP contribution < -0.4 is 4.74 Å². The minimum absolute atomic E-state index is 0.283. The number of fused-ring (bicyclic) bond motifs is 1. The molecule has 0 amide bonds. The minimum atomic E-state index is -0.477. The Hall–Kier alpha value is -1.25. The van der Waals surface area contributed by atoms with Crippen molar-refractivity contribution < 1.29 is 9.84 Å². The van der Waals surface area contributed by atoms with Crippen LogP contribution in [0, 0.1) is 0 Å². The first-order valence-corrected chi connectivity index (χ1v) is 5.54. The summed E-state index contributed by atoms with van der Waals surface area (Å²) in [5, 5.41) is 11.8. The van der Waals surface area contributed by atoms with Crippen LogP contribution in [0.15, 0.2) is 36.4 Å². The summed E-state index contributed by atoms with van der Waals surface area (Å²) in [4.78, 5) is 0. The third-order valence-electron chi connectivity index (χ3n) is 2.31. The van der Waals surface area contributed by atoms with Crippen LogP contribution in [-0.4, -0.2) is 17.8 Å². The van der Waals surface area contributed by atoms with Crippen molar-refractivity contribution >= 4 is 22.4 Å². The summed E-state index contributed by atoms with van der Waals surface area (Å²) in [5.74, 6) is 0.751. The number of rotatable bonds is 3. The Morgan fingerprint density at radius 3 is 2.56 bits per heavy atom. The fourth-order valence-electron chi connectivity index (χ4n) is 1.57. The number of ether oxygens (including phenoxy) is 1. The lowest BCUT2D eigenvalue weighted by molar-refractivity contribution is 0.123. The molecule has 0 heterocycles. The maximum atomic E-state index is 9.19. The number of aliphatic hydroxyl groups excluding tert-OH is 1. The first-order chi connectivity index (χ1) is 7.68. The molecule has 2 rings (SSSR count). The van der Waals surface area contributed by atoms with Crippen molar-refractivity contribution in [3.05, 3.63) is 41.4 Å². The van der Waals surface area contributed by atoms with Gasteiger partial charge >= 0.3 is 0 Å². The highest BCUT2D eigenvalue weighted by Gasteiger charge is 2.05. The molecule has 0 spiro atoms. The number of aliphatic hydroxyl groups is 1. The van der Waals surface area contributed by atoms with Gasteiger partial charge in [0.2, 0.25) is 0 Å². The molecule has 1 atom stereocenters. The molecule has 0 aromatic heterocycles. The second kappa shape index (κ2) is 4.73. The van der Waals surface area contributed by atoms with Crippen LogP contribution in [-0.2, 0) is 0 Å². The zero-order valence-corrected chi connectivity index (χ0v) is 9.74. The molecule has 0 radical (unpaired) electrons. The van der Waals surface area contributed by atoms with Gasteiger partial charge in [0, 0.05) is 15.8 Å². The van der Waals surface area contributed by atoms with E-state index in [2.05, 4.69) is 0 Å². The summed E-state index contributed by atoms with van der Waals surface area (Å²) in [5.41, 5.74) is 0. The Labute approximate surface area is 99.4 Å². The van der Waals surface area contributed by atoms with Gasteiger partial charge < -0.3 is 9.84 Å². The van der Waals surface area contributed by atoms with Crippen molar-refractivity contribution in [2.24, 2.45) is 0 Å². The lowest BCUT2D eigenvalue weighted by atomic mass is 10.1. The van der Waals surface area contributed by atoms with E-state index in [9.17, 15) is 5.11 Å². The summed E-state index contributed by atoms with van der Waals surface area (Å²) >= 11 is 6.09. The van der Waals surface area contributed by atoms with Crippen molar-refractivity contribution in [3.8, 4) is 5.75 Å². The summed E-state index contributed by atoms with van der Waals surface area (Å²) < 4.78 is 5.53. The molecule has 0 aliphatic carbocycles. The van der Waals surface area contributed by atoms with Gasteiger partial charge in [-0.25, -0.2) is 0 Å². The van der Waals surface area contributed by atoms with Crippen molar-refractivity contribution in [2.75, 3.05) is 6.61 Å². The summed E-state index contributed by atoms with van der Waals surface area (Å²) in [6.45, 7) is 1.98. The highest BCUT2D eigenvalue weighted by atomic mass is 35.5. The van der Waals surface area contributed by atoms with E-state index in [-0.39, 0.29) is 6.61 Å². The standard InChI is InChI=1S/C13H13ClO2/c1-9(15)8-16-13-7-6-12(14)10-4-2-3-5-11(10)13/h2-7,9,15H,8H2,1H3/t9-/m0/s1. The lowest BCUT2D eigenvalue weighted by Gasteiger charge is -2.11. The van der Waals surface area contributed by atoms with Crippen LogP contribution in [0.4, 0.5) is 0 Å². The zero-order valence-electron chi connectivity index (χ0n) is 8.98. The molecule has 3 heteroatoms. The summed E-state index contributed by atoms with van der Waals surface area (Å²) in [6.07, 6.45) is -0.477. The van der Waals surface area contributed by atoms with Gasteiger partial charge in [-0.2, -0.15) is 0 Å². The minimum Gasteiger partial charge on any atom is -0.490 e. The number of hydrogen-bond acceptors (Lipinski definition) is 2. The Bertz CT molecular complexity index is 494. The highest BCUT2D eigenvalue weighted by molar-refractivity contribution is 6.35.